The standard InChI is InChI=1S/C10H13NO4S/c12-9(13)5-11(6-10(14)15)3-1-8-2-4-16-7-8/h2,4,7H,1,3,5-6H2,(H,12,13)(H,14,15). The summed E-state index contributed by atoms with van der Waals surface area (Å²) in [5.74, 6) is -2.02. The summed E-state index contributed by atoms with van der Waals surface area (Å²) in [5, 5.41) is 21.2. The molecule has 0 fully saturated rings. The molecule has 5 nitrogen and oxygen atoms in total. The Morgan fingerprint density at radius 3 is 2.31 bits per heavy atom. The summed E-state index contributed by atoms with van der Waals surface area (Å²) in [6.45, 7) is -0.0395. The van der Waals surface area contributed by atoms with E-state index in [0.29, 0.717) is 13.0 Å². The molecule has 0 spiro atoms. The molecule has 0 radical (unpaired) electrons. The van der Waals surface area contributed by atoms with Gasteiger partial charge in [0.05, 0.1) is 13.1 Å². The van der Waals surface area contributed by atoms with Crippen LogP contribution in [0.25, 0.3) is 0 Å². The molecule has 2 N–H and O–H groups in total. The van der Waals surface area contributed by atoms with Crippen LogP contribution in [0.1, 0.15) is 5.56 Å². The summed E-state index contributed by atoms with van der Waals surface area (Å²) in [6, 6.07) is 1.95. The van der Waals surface area contributed by atoms with Crippen LogP contribution in [0.3, 0.4) is 0 Å². The van der Waals surface area contributed by atoms with Gasteiger partial charge in [-0.1, -0.05) is 0 Å². The maximum atomic E-state index is 10.5. The highest BCUT2D eigenvalue weighted by molar-refractivity contribution is 7.07. The van der Waals surface area contributed by atoms with Crippen LogP contribution in [0.5, 0.6) is 0 Å². The Morgan fingerprint density at radius 2 is 1.88 bits per heavy atom. The average molecular weight is 243 g/mol. The molecule has 16 heavy (non-hydrogen) atoms. The number of thiophene rings is 1. The van der Waals surface area contributed by atoms with Crippen molar-refractivity contribution in [3.05, 3.63) is 22.4 Å². The molecular weight excluding hydrogens is 230 g/mol. The molecule has 88 valence electrons. The Kier molecular flexibility index (Phi) is 4.94. The van der Waals surface area contributed by atoms with Crippen LogP contribution in [-0.2, 0) is 16.0 Å². The Hall–Kier alpha value is -1.40. The summed E-state index contributed by atoms with van der Waals surface area (Å²) in [4.78, 5) is 22.4. The Morgan fingerprint density at radius 1 is 1.25 bits per heavy atom. The first kappa shape index (κ1) is 12.7. The first-order valence-electron chi connectivity index (χ1n) is 4.75. The van der Waals surface area contributed by atoms with Gasteiger partial charge in [-0.15, -0.1) is 0 Å². The molecular formula is C10H13NO4S. The van der Waals surface area contributed by atoms with Gasteiger partial charge in [-0.2, -0.15) is 11.3 Å². The molecule has 1 rings (SSSR count). The number of rotatable bonds is 7. The van der Waals surface area contributed by atoms with Gasteiger partial charge in [0.2, 0.25) is 0 Å². The van der Waals surface area contributed by atoms with Crippen molar-refractivity contribution in [3.8, 4) is 0 Å². The second-order valence-electron chi connectivity index (χ2n) is 3.38. The maximum absolute atomic E-state index is 10.5. The van der Waals surface area contributed by atoms with Crippen molar-refractivity contribution in [3.63, 3.8) is 0 Å². The lowest BCUT2D eigenvalue weighted by Crippen LogP contribution is -2.35. The van der Waals surface area contributed by atoms with Crippen LogP contribution in [0.4, 0.5) is 0 Å². The van der Waals surface area contributed by atoms with Crippen LogP contribution in [0, 0.1) is 0 Å². The summed E-state index contributed by atoms with van der Waals surface area (Å²) in [5.41, 5.74) is 1.10. The van der Waals surface area contributed by atoms with E-state index in [4.69, 9.17) is 10.2 Å². The lowest BCUT2D eigenvalue weighted by atomic mass is 10.2. The van der Waals surface area contributed by atoms with Gasteiger partial charge >= 0.3 is 11.9 Å². The van der Waals surface area contributed by atoms with Gasteiger partial charge < -0.3 is 10.2 Å². The minimum Gasteiger partial charge on any atom is -0.480 e. The molecule has 0 aliphatic carbocycles. The van der Waals surface area contributed by atoms with Crippen molar-refractivity contribution in [1.82, 2.24) is 4.90 Å². The molecule has 0 saturated carbocycles. The van der Waals surface area contributed by atoms with Gasteiger partial charge in [0, 0.05) is 6.54 Å². The van der Waals surface area contributed by atoms with Gasteiger partial charge in [-0.05, 0) is 28.8 Å². The van der Waals surface area contributed by atoms with Crippen LogP contribution >= 0.6 is 11.3 Å². The smallest absolute Gasteiger partial charge is 0.317 e. The summed E-state index contributed by atoms with van der Waals surface area (Å²) < 4.78 is 0. The topological polar surface area (TPSA) is 77.8 Å². The van der Waals surface area contributed by atoms with E-state index < -0.39 is 11.9 Å². The van der Waals surface area contributed by atoms with Crippen molar-refractivity contribution >= 4 is 23.3 Å². The maximum Gasteiger partial charge on any atom is 0.317 e. The minimum absolute atomic E-state index is 0.240. The van der Waals surface area contributed by atoms with E-state index in [1.165, 1.54) is 4.90 Å². The van der Waals surface area contributed by atoms with Crippen LogP contribution < -0.4 is 0 Å². The zero-order chi connectivity index (χ0) is 12.0. The normalized spacial score (nSPS) is 10.6. The molecule has 0 aliphatic rings. The predicted molar refractivity (Wildman–Crippen MR) is 59.7 cm³/mol. The molecule has 0 saturated heterocycles. The Balaban J connectivity index is 2.43. The van der Waals surface area contributed by atoms with Crippen LogP contribution in [0.15, 0.2) is 16.8 Å². The molecule has 0 bridgehead atoms. The summed E-state index contributed by atoms with van der Waals surface area (Å²) in [7, 11) is 0. The minimum atomic E-state index is -1.01. The van der Waals surface area contributed by atoms with E-state index in [9.17, 15) is 9.59 Å². The van der Waals surface area contributed by atoms with Crippen molar-refractivity contribution in [2.75, 3.05) is 19.6 Å². The number of carbonyl (C=O) groups is 2. The number of carboxylic acid groups (broad SMARTS) is 2. The molecule has 0 atom stereocenters. The van der Waals surface area contributed by atoms with E-state index >= 15 is 0 Å². The fraction of sp³-hybridized carbons (Fsp3) is 0.400. The van der Waals surface area contributed by atoms with Crippen LogP contribution in [-0.4, -0.2) is 46.7 Å². The number of aliphatic carboxylic acids is 2. The highest BCUT2D eigenvalue weighted by Gasteiger charge is 2.13. The van der Waals surface area contributed by atoms with Crippen molar-refractivity contribution in [1.29, 1.82) is 0 Å². The number of hydrogen-bond donors (Lipinski definition) is 2. The van der Waals surface area contributed by atoms with E-state index in [-0.39, 0.29) is 13.1 Å². The van der Waals surface area contributed by atoms with E-state index in [0.717, 1.165) is 5.56 Å². The molecule has 0 aliphatic heterocycles. The molecule has 1 aromatic rings. The molecule has 1 heterocycles. The number of carboxylic acids is 2. The third-order valence-electron chi connectivity index (χ3n) is 2.01. The average Bonchev–Trinajstić information content (AvgIpc) is 2.64. The van der Waals surface area contributed by atoms with Gasteiger partial charge in [-0.3, -0.25) is 14.5 Å². The third kappa shape index (κ3) is 4.90. The fourth-order valence-corrected chi connectivity index (χ4v) is 2.02. The predicted octanol–water partition coefficient (Wildman–Crippen LogP) is 0.762. The second kappa shape index (κ2) is 6.24. The van der Waals surface area contributed by atoms with Crippen LogP contribution in [0.2, 0.25) is 0 Å². The van der Waals surface area contributed by atoms with Gasteiger partial charge in [-0.25, -0.2) is 0 Å². The number of nitrogens with zero attached hydrogens (tertiary/aromatic N) is 1. The van der Waals surface area contributed by atoms with Crippen molar-refractivity contribution in [2.45, 2.75) is 6.42 Å². The SMILES string of the molecule is O=C(O)CN(CCc1ccsc1)CC(=O)O. The molecule has 1 aromatic heterocycles. The lowest BCUT2D eigenvalue weighted by molar-refractivity contribution is -0.141. The van der Waals surface area contributed by atoms with E-state index in [1.54, 1.807) is 11.3 Å². The highest BCUT2D eigenvalue weighted by Crippen LogP contribution is 2.07. The highest BCUT2D eigenvalue weighted by atomic mass is 32.1. The van der Waals surface area contributed by atoms with Gasteiger partial charge in [0.1, 0.15) is 0 Å². The van der Waals surface area contributed by atoms with E-state index in [2.05, 4.69) is 0 Å². The lowest BCUT2D eigenvalue weighted by Gasteiger charge is -2.17. The molecule has 6 heteroatoms. The Labute approximate surface area is 96.9 Å². The quantitative estimate of drug-likeness (QED) is 0.739. The summed E-state index contributed by atoms with van der Waals surface area (Å²) >= 11 is 1.57. The molecule has 0 amide bonds. The zero-order valence-electron chi connectivity index (χ0n) is 8.63. The monoisotopic (exact) mass is 243 g/mol. The van der Waals surface area contributed by atoms with Crippen molar-refractivity contribution < 1.29 is 19.8 Å². The second-order valence-corrected chi connectivity index (χ2v) is 4.16. The Bertz CT molecular complexity index is 334. The summed E-state index contributed by atoms with van der Waals surface area (Å²) in [6.07, 6.45) is 0.671. The van der Waals surface area contributed by atoms with Gasteiger partial charge in [0.15, 0.2) is 0 Å². The third-order valence-corrected chi connectivity index (χ3v) is 2.75. The van der Waals surface area contributed by atoms with Gasteiger partial charge in [0.25, 0.3) is 0 Å². The number of hydrogen-bond acceptors (Lipinski definition) is 4. The molecule has 0 aromatic carbocycles. The zero-order valence-corrected chi connectivity index (χ0v) is 9.44. The van der Waals surface area contributed by atoms with E-state index in [1.807, 2.05) is 16.8 Å². The largest absolute Gasteiger partial charge is 0.480 e. The first-order valence-corrected chi connectivity index (χ1v) is 5.69. The molecule has 0 unspecified atom stereocenters. The first-order chi connectivity index (χ1) is 7.58. The fourth-order valence-electron chi connectivity index (χ4n) is 1.32. The van der Waals surface area contributed by atoms with Crippen molar-refractivity contribution in [2.24, 2.45) is 0 Å².